The fourth-order valence-electron chi connectivity index (χ4n) is 1.73. The number of ether oxygens (including phenoxy) is 3. The topological polar surface area (TPSA) is 40.6 Å². The molecule has 5 heteroatoms. The predicted octanol–water partition coefficient (Wildman–Crippen LogP) is 4.47. The van der Waals surface area contributed by atoms with Crippen molar-refractivity contribution >= 4 is 15.9 Å². The van der Waals surface area contributed by atoms with Gasteiger partial charge in [0, 0.05) is 12.3 Å². The molecule has 4 nitrogen and oxygen atoms in total. The maximum atomic E-state index is 5.74. The lowest BCUT2D eigenvalue weighted by molar-refractivity contribution is 0.261. The molecule has 0 aliphatic heterocycles. The Labute approximate surface area is 139 Å². The van der Waals surface area contributed by atoms with Crippen LogP contribution in [0.1, 0.15) is 19.4 Å². The smallest absolute Gasteiger partial charge is 0.217 e. The average Bonchev–Trinajstić information content (AvgIpc) is 2.53. The van der Waals surface area contributed by atoms with E-state index in [9.17, 15) is 0 Å². The van der Waals surface area contributed by atoms with Crippen molar-refractivity contribution in [3.8, 4) is 17.4 Å². The van der Waals surface area contributed by atoms with E-state index < -0.39 is 0 Å². The van der Waals surface area contributed by atoms with Gasteiger partial charge in [0.1, 0.15) is 18.1 Å². The molecule has 2 rings (SSSR count). The van der Waals surface area contributed by atoms with Gasteiger partial charge in [-0.15, -0.1) is 0 Å². The van der Waals surface area contributed by atoms with Crippen LogP contribution in [0.2, 0.25) is 0 Å². The zero-order valence-electron chi connectivity index (χ0n) is 13.0. The molecule has 118 valence electrons. The van der Waals surface area contributed by atoms with Gasteiger partial charge < -0.3 is 14.2 Å². The highest BCUT2D eigenvalue weighted by molar-refractivity contribution is 9.10. The number of hydrogen-bond donors (Lipinski definition) is 0. The van der Waals surface area contributed by atoms with Crippen molar-refractivity contribution in [2.75, 3.05) is 13.7 Å². The summed E-state index contributed by atoms with van der Waals surface area (Å²) in [7, 11) is 1.65. The first kappa shape index (κ1) is 16.6. The molecule has 0 radical (unpaired) electrons. The molecule has 0 spiro atoms. The van der Waals surface area contributed by atoms with Gasteiger partial charge in [-0.1, -0.05) is 26.0 Å². The summed E-state index contributed by atoms with van der Waals surface area (Å²) in [6.07, 6.45) is 1.69. The van der Waals surface area contributed by atoms with Crippen LogP contribution in [0, 0.1) is 5.92 Å². The summed E-state index contributed by atoms with van der Waals surface area (Å²) < 4.78 is 17.4. The van der Waals surface area contributed by atoms with E-state index >= 15 is 0 Å². The maximum Gasteiger partial charge on any atom is 0.217 e. The second kappa shape index (κ2) is 8.03. The molecule has 1 heterocycles. The Hall–Kier alpha value is -1.75. The van der Waals surface area contributed by atoms with Crippen LogP contribution in [0.3, 0.4) is 0 Å². The molecule has 0 saturated carbocycles. The number of methoxy groups -OCH3 is 1. The van der Waals surface area contributed by atoms with Crippen molar-refractivity contribution in [3.63, 3.8) is 0 Å². The van der Waals surface area contributed by atoms with Gasteiger partial charge in [-0.05, 0) is 39.5 Å². The molecule has 0 unspecified atom stereocenters. The van der Waals surface area contributed by atoms with Crippen molar-refractivity contribution in [1.82, 2.24) is 4.98 Å². The van der Waals surface area contributed by atoms with Crippen LogP contribution in [0.5, 0.6) is 17.4 Å². The third-order valence-corrected chi connectivity index (χ3v) is 3.51. The van der Waals surface area contributed by atoms with Gasteiger partial charge in [-0.3, -0.25) is 0 Å². The molecule has 2 aromatic rings. The molecule has 0 amide bonds. The molecule has 0 aliphatic rings. The molecule has 1 aromatic carbocycles. The Morgan fingerprint density at radius 3 is 2.50 bits per heavy atom. The van der Waals surface area contributed by atoms with E-state index in [0.29, 0.717) is 25.0 Å². The van der Waals surface area contributed by atoms with Crippen molar-refractivity contribution in [3.05, 3.63) is 46.6 Å². The van der Waals surface area contributed by atoms with Crippen LogP contribution >= 0.6 is 15.9 Å². The number of nitrogens with zero attached hydrogens (tertiary/aromatic N) is 1. The van der Waals surface area contributed by atoms with Crippen molar-refractivity contribution < 1.29 is 14.2 Å². The Balaban J connectivity index is 1.98. The first-order valence-electron chi connectivity index (χ1n) is 7.12. The molecular formula is C17H20BrNO3. The van der Waals surface area contributed by atoms with Crippen LogP contribution in [-0.2, 0) is 6.61 Å². The maximum absolute atomic E-state index is 5.74. The van der Waals surface area contributed by atoms with Gasteiger partial charge in [0.2, 0.25) is 5.88 Å². The highest BCUT2D eigenvalue weighted by atomic mass is 79.9. The van der Waals surface area contributed by atoms with Crippen molar-refractivity contribution in [2.45, 2.75) is 20.5 Å². The van der Waals surface area contributed by atoms with Gasteiger partial charge in [-0.25, -0.2) is 4.98 Å². The summed E-state index contributed by atoms with van der Waals surface area (Å²) >= 11 is 3.44. The Morgan fingerprint density at radius 2 is 1.86 bits per heavy atom. The lowest BCUT2D eigenvalue weighted by Gasteiger charge is -2.12. The summed E-state index contributed by atoms with van der Waals surface area (Å²) in [5.41, 5.74) is 1.05. The van der Waals surface area contributed by atoms with Gasteiger partial charge >= 0.3 is 0 Å². The summed E-state index contributed by atoms with van der Waals surface area (Å²) in [5, 5.41) is 0. The number of rotatable bonds is 7. The molecule has 0 bridgehead atoms. The third-order valence-electron chi connectivity index (χ3n) is 2.91. The zero-order valence-corrected chi connectivity index (χ0v) is 14.6. The lowest BCUT2D eigenvalue weighted by atomic mass is 10.2. The standard InChI is InChI=1S/C17H20BrNO3/c1-12(2)10-21-16-8-17(19-9-15(16)18)22-11-13-4-6-14(20-3)7-5-13/h4-9,12H,10-11H2,1-3H3. The zero-order chi connectivity index (χ0) is 15.9. The highest BCUT2D eigenvalue weighted by Crippen LogP contribution is 2.28. The Bertz CT molecular complexity index is 599. The van der Waals surface area contributed by atoms with Gasteiger partial charge in [0.15, 0.2) is 0 Å². The fraction of sp³-hybridized carbons (Fsp3) is 0.353. The predicted molar refractivity (Wildman–Crippen MR) is 89.6 cm³/mol. The minimum absolute atomic E-state index is 0.447. The highest BCUT2D eigenvalue weighted by Gasteiger charge is 2.07. The summed E-state index contributed by atoms with van der Waals surface area (Å²) in [6.45, 7) is 5.31. The molecule has 0 aliphatic carbocycles. The van der Waals surface area contributed by atoms with Crippen LogP contribution in [0.4, 0.5) is 0 Å². The average molecular weight is 366 g/mol. The van der Waals surface area contributed by atoms with Crippen molar-refractivity contribution in [1.29, 1.82) is 0 Å². The van der Waals surface area contributed by atoms with E-state index in [1.807, 2.05) is 24.3 Å². The quantitative estimate of drug-likeness (QED) is 0.725. The first-order chi connectivity index (χ1) is 10.6. The number of aromatic nitrogens is 1. The van der Waals surface area contributed by atoms with E-state index in [4.69, 9.17) is 14.2 Å². The van der Waals surface area contributed by atoms with E-state index in [-0.39, 0.29) is 0 Å². The number of benzene rings is 1. The van der Waals surface area contributed by atoms with Gasteiger partial charge in [0.05, 0.1) is 18.2 Å². The van der Waals surface area contributed by atoms with E-state index in [0.717, 1.165) is 21.5 Å². The summed E-state index contributed by atoms with van der Waals surface area (Å²) in [5.74, 6) is 2.57. The van der Waals surface area contributed by atoms with Gasteiger partial charge in [-0.2, -0.15) is 0 Å². The normalized spacial score (nSPS) is 10.6. The van der Waals surface area contributed by atoms with Crippen molar-refractivity contribution in [2.24, 2.45) is 5.92 Å². The fourth-order valence-corrected chi connectivity index (χ4v) is 2.06. The second-order valence-corrected chi connectivity index (χ2v) is 6.15. The summed E-state index contributed by atoms with van der Waals surface area (Å²) in [4.78, 5) is 4.24. The van der Waals surface area contributed by atoms with Gasteiger partial charge in [0.25, 0.3) is 0 Å². The monoisotopic (exact) mass is 365 g/mol. The largest absolute Gasteiger partial charge is 0.497 e. The minimum atomic E-state index is 0.447. The molecule has 0 fully saturated rings. The molecule has 1 aromatic heterocycles. The molecular weight excluding hydrogens is 346 g/mol. The van der Waals surface area contributed by atoms with Crippen LogP contribution in [0.15, 0.2) is 41.0 Å². The van der Waals surface area contributed by atoms with E-state index in [1.165, 1.54) is 0 Å². The Morgan fingerprint density at radius 1 is 1.14 bits per heavy atom. The van der Waals surface area contributed by atoms with Crippen LogP contribution < -0.4 is 14.2 Å². The lowest BCUT2D eigenvalue weighted by Crippen LogP contribution is -2.05. The molecule has 0 saturated heterocycles. The Kier molecular flexibility index (Phi) is 6.07. The second-order valence-electron chi connectivity index (χ2n) is 5.29. The number of halogens is 1. The van der Waals surface area contributed by atoms with E-state index in [1.54, 1.807) is 19.4 Å². The molecule has 0 N–H and O–H groups in total. The first-order valence-corrected chi connectivity index (χ1v) is 7.92. The SMILES string of the molecule is COc1ccc(COc2cc(OCC(C)C)c(Br)cn2)cc1. The number of pyridine rings is 1. The minimum Gasteiger partial charge on any atom is -0.497 e. The molecule has 22 heavy (non-hydrogen) atoms. The van der Waals surface area contributed by atoms with Crippen LogP contribution in [-0.4, -0.2) is 18.7 Å². The third kappa shape index (κ3) is 4.91. The molecule has 0 atom stereocenters. The van der Waals surface area contributed by atoms with E-state index in [2.05, 4.69) is 34.8 Å². The van der Waals surface area contributed by atoms with Crippen LogP contribution in [0.25, 0.3) is 0 Å². The summed E-state index contributed by atoms with van der Waals surface area (Å²) in [6, 6.07) is 9.55. The number of hydrogen-bond acceptors (Lipinski definition) is 4.